The number of aryl methyl sites for hydroxylation is 1. The number of methoxy groups -OCH3 is 1. The van der Waals surface area contributed by atoms with Gasteiger partial charge in [-0.1, -0.05) is 0 Å². The fourth-order valence-electron chi connectivity index (χ4n) is 3.52. The molecule has 0 bridgehead atoms. The molecule has 112 valence electrons. The fraction of sp³-hybridized carbons (Fsp3) is 0.471. The minimum absolute atomic E-state index is 0.0416. The predicted molar refractivity (Wildman–Crippen MR) is 83.8 cm³/mol. The van der Waals surface area contributed by atoms with E-state index in [1.54, 1.807) is 14.0 Å². The van der Waals surface area contributed by atoms with Crippen molar-refractivity contribution in [2.75, 3.05) is 13.7 Å². The van der Waals surface area contributed by atoms with Crippen molar-refractivity contribution in [3.63, 3.8) is 0 Å². The molecule has 1 aliphatic carbocycles. The predicted octanol–water partition coefficient (Wildman–Crippen LogP) is 2.74. The van der Waals surface area contributed by atoms with Crippen molar-refractivity contribution >= 4 is 16.8 Å². The quantitative estimate of drug-likeness (QED) is 0.943. The van der Waals surface area contributed by atoms with Gasteiger partial charge in [-0.25, -0.2) is 0 Å². The molecule has 0 radical (unpaired) electrons. The number of aromatic nitrogens is 1. The van der Waals surface area contributed by atoms with E-state index < -0.39 is 0 Å². The molecule has 1 aromatic heterocycles. The molecule has 1 amide bonds. The molecule has 0 unspecified atom stereocenters. The van der Waals surface area contributed by atoms with Crippen molar-refractivity contribution in [2.24, 2.45) is 7.05 Å². The zero-order valence-electron chi connectivity index (χ0n) is 12.9. The van der Waals surface area contributed by atoms with E-state index >= 15 is 0 Å². The van der Waals surface area contributed by atoms with E-state index in [9.17, 15) is 4.79 Å². The third-order valence-electron chi connectivity index (χ3n) is 4.54. The number of carbonyl (C=O) groups excluding carboxylic acids is 1. The molecule has 4 nitrogen and oxygen atoms in total. The number of hydrogen-bond donors (Lipinski definition) is 1. The van der Waals surface area contributed by atoms with E-state index in [0.29, 0.717) is 5.92 Å². The molecule has 0 saturated carbocycles. The van der Waals surface area contributed by atoms with Crippen molar-refractivity contribution in [1.29, 1.82) is 0 Å². The van der Waals surface area contributed by atoms with E-state index in [1.165, 1.54) is 28.6 Å². The van der Waals surface area contributed by atoms with Crippen LogP contribution >= 0.6 is 0 Å². The van der Waals surface area contributed by atoms with Crippen LogP contribution in [0, 0.1) is 0 Å². The molecule has 2 aromatic rings. The van der Waals surface area contributed by atoms with Gasteiger partial charge in [0.05, 0.1) is 7.11 Å². The van der Waals surface area contributed by atoms with E-state index in [1.807, 2.05) is 6.07 Å². The summed E-state index contributed by atoms with van der Waals surface area (Å²) < 4.78 is 7.67. The molecular formula is C17H22N2O2. The maximum Gasteiger partial charge on any atom is 0.216 e. The van der Waals surface area contributed by atoms with E-state index in [-0.39, 0.29) is 5.91 Å². The molecule has 1 N–H and O–H groups in total. The average Bonchev–Trinajstić information content (AvgIpc) is 2.78. The van der Waals surface area contributed by atoms with Crippen LogP contribution in [0.1, 0.15) is 36.9 Å². The molecule has 1 atom stereocenters. The van der Waals surface area contributed by atoms with Gasteiger partial charge >= 0.3 is 0 Å². The highest BCUT2D eigenvalue weighted by Gasteiger charge is 2.26. The van der Waals surface area contributed by atoms with Gasteiger partial charge in [0.1, 0.15) is 5.75 Å². The Bertz CT molecular complexity index is 688. The number of carbonyl (C=O) groups is 1. The molecule has 1 heterocycles. The van der Waals surface area contributed by atoms with E-state index in [4.69, 9.17) is 4.74 Å². The molecular weight excluding hydrogens is 264 g/mol. The highest BCUT2D eigenvalue weighted by Crippen LogP contribution is 2.39. The van der Waals surface area contributed by atoms with Crippen molar-refractivity contribution in [1.82, 2.24) is 9.88 Å². The van der Waals surface area contributed by atoms with Gasteiger partial charge in [-0.2, -0.15) is 0 Å². The Morgan fingerprint density at radius 1 is 1.48 bits per heavy atom. The molecule has 1 aliphatic rings. The van der Waals surface area contributed by atoms with Gasteiger partial charge in [0.2, 0.25) is 5.91 Å². The molecule has 0 fully saturated rings. The second kappa shape index (κ2) is 5.43. The fourth-order valence-corrected chi connectivity index (χ4v) is 3.52. The van der Waals surface area contributed by atoms with Gasteiger partial charge in [-0.3, -0.25) is 4.79 Å². The summed E-state index contributed by atoms with van der Waals surface area (Å²) in [5.74, 6) is 1.33. The summed E-state index contributed by atoms with van der Waals surface area (Å²) in [4.78, 5) is 11.2. The normalized spacial score (nSPS) is 17.6. The van der Waals surface area contributed by atoms with Crippen molar-refractivity contribution in [2.45, 2.75) is 32.1 Å². The van der Waals surface area contributed by atoms with Crippen LogP contribution in [0.15, 0.2) is 18.2 Å². The Morgan fingerprint density at radius 3 is 3.00 bits per heavy atom. The minimum Gasteiger partial charge on any atom is -0.497 e. The summed E-state index contributed by atoms with van der Waals surface area (Å²) in [7, 11) is 3.83. The van der Waals surface area contributed by atoms with Gasteiger partial charge in [0.15, 0.2) is 0 Å². The summed E-state index contributed by atoms with van der Waals surface area (Å²) >= 11 is 0. The van der Waals surface area contributed by atoms with Crippen LogP contribution < -0.4 is 10.1 Å². The van der Waals surface area contributed by atoms with Crippen LogP contribution in [0.5, 0.6) is 5.75 Å². The highest BCUT2D eigenvalue weighted by molar-refractivity contribution is 5.88. The monoisotopic (exact) mass is 286 g/mol. The maximum atomic E-state index is 11.2. The third kappa shape index (κ3) is 2.39. The van der Waals surface area contributed by atoms with Crippen molar-refractivity contribution in [3.8, 4) is 5.75 Å². The number of nitrogens with one attached hydrogen (secondary N) is 1. The molecule has 21 heavy (non-hydrogen) atoms. The number of fused-ring (bicyclic) bond motifs is 3. The number of hydrogen-bond acceptors (Lipinski definition) is 2. The summed E-state index contributed by atoms with van der Waals surface area (Å²) in [6, 6.07) is 6.26. The van der Waals surface area contributed by atoms with Crippen LogP contribution in [-0.2, 0) is 18.3 Å². The lowest BCUT2D eigenvalue weighted by molar-refractivity contribution is -0.119. The number of nitrogens with zero attached hydrogens (tertiary/aromatic N) is 1. The number of amides is 1. The number of benzene rings is 1. The molecule has 1 aromatic carbocycles. The van der Waals surface area contributed by atoms with Crippen LogP contribution in [0.2, 0.25) is 0 Å². The van der Waals surface area contributed by atoms with Gasteiger partial charge < -0.3 is 14.6 Å². The summed E-state index contributed by atoms with van der Waals surface area (Å²) in [6.07, 6.45) is 3.42. The molecule has 0 aliphatic heterocycles. The minimum atomic E-state index is 0.0416. The number of ether oxygens (including phenoxy) is 1. The van der Waals surface area contributed by atoms with E-state index in [0.717, 1.165) is 25.1 Å². The first-order valence-electron chi connectivity index (χ1n) is 7.51. The zero-order chi connectivity index (χ0) is 15.0. The zero-order valence-corrected chi connectivity index (χ0v) is 12.9. The Balaban J connectivity index is 2.10. The standard InChI is InChI=1S/C17H22N2O2/c1-11(20)18-10-12-5-4-6-16-17(12)14-9-13(21-3)7-8-15(14)19(16)2/h7-9,12H,4-6,10H2,1-3H3,(H,18,20)/t12-/m1/s1. The van der Waals surface area contributed by atoms with Crippen LogP contribution in [0.3, 0.4) is 0 Å². The lowest BCUT2D eigenvalue weighted by atomic mass is 9.85. The second-order valence-corrected chi connectivity index (χ2v) is 5.83. The van der Waals surface area contributed by atoms with Crippen LogP contribution in [0.25, 0.3) is 10.9 Å². The van der Waals surface area contributed by atoms with Crippen LogP contribution in [-0.4, -0.2) is 24.1 Å². The van der Waals surface area contributed by atoms with Gasteiger partial charge in [-0.05, 0) is 43.0 Å². The summed E-state index contributed by atoms with van der Waals surface area (Å²) in [5.41, 5.74) is 4.04. The van der Waals surface area contributed by atoms with Gasteiger partial charge in [0.25, 0.3) is 0 Å². The van der Waals surface area contributed by atoms with E-state index in [2.05, 4.69) is 29.1 Å². The Labute approximate surface area is 125 Å². The first kappa shape index (κ1) is 14.0. The SMILES string of the molecule is COc1ccc2c(c1)c1c(n2C)CCC[C@@H]1CNC(C)=O. The summed E-state index contributed by atoms with van der Waals surface area (Å²) in [5, 5.41) is 4.24. The molecule has 0 spiro atoms. The lowest BCUT2D eigenvalue weighted by Crippen LogP contribution is -2.28. The maximum absolute atomic E-state index is 11.2. The highest BCUT2D eigenvalue weighted by atomic mass is 16.5. The smallest absolute Gasteiger partial charge is 0.216 e. The molecule has 3 rings (SSSR count). The Morgan fingerprint density at radius 2 is 2.29 bits per heavy atom. The first-order chi connectivity index (χ1) is 10.1. The Kier molecular flexibility index (Phi) is 3.62. The largest absolute Gasteiger partial charge is 0.497 e. The lowest BCUT2D eigenvalue weighted by Gasteiger charge is -2.24. The van der Waals surface area contributed by atoms with Crippen molar-refractivity contribution in [3.05, 3.63) is 29.5 Å². The summed E-state index contributed by atoms with van der Waals surface area (Å²) in [6.45, 7) is 2.30. The Hall–Kier alpha value is -1.97. The van der Waals surface area contributed by atoms with Gasteiger partial charge in [0, 0.05) is 43.0 Å². The first-order valence-corrected chi connectivity index (χ1v) is 7.51. The third-order valence-corrected chi connectivity index (χ3v) is 4.54. The van der Waals surface area contributed by atoms with Crippen molar-refractivity contribution < 1.29 is 9.53 Å². The number of rotatable bonds is 3. The topological polar surface area (TPSA) is 43.3 Å². The van der Waals surface area contributed by atoms with Crippen LogP contribution in [0.4, 0.5) is 0 Å². The average molecular weight is 286 g/mol. The second-order valence-electron chi connectivity index (χ2n) is 5.83. The van der Waals surface area contributed by atoms with Gasteiger partial charge in [-0.15, -0.1) is 0 Å². The molecule has 4 heteroatoms. The molecule has 0 saturated heterocycles.